The van der Waals surface area contributed by atoms with Gasteiger partial charge in [-0.25, -0.2) is 4.98 Å². The first-order chi connectivity index (χ1) is 14.3. The van der Waals surface area contributed by atoms with E-state index in [4.69, 9.17) is 0 Å². The molecule has 0 atom stereocenters. The van der Waals surface area contributed by atoms with Crippen LogP contribution in [0, 0.1) is 40.5 Å². The molecule has 2 aromatic rings. The summed E-state index contributed by atoms with van der Waals surface area (Å²) in [7, 11) is 4.01. The number of benzene rings is 1. The third-order valence-corrected chi connectivity index (χ3v) is 7.17. The van der Waals surface area contributed by atoms with Gasteiger partial charge in [0, 0.05) is 32.9 Å². The molecule has 5 heteroatoms. The average molecular weight is 410 g/mol. The minimum absolute atomic E-state index is 0.477. The second kappa shape index (κ2) is 9.78. The lowest BCUT2D eigenvalue weighted by Gasteiger charge is -2.29. The highest BCUT2D eigenvalue weighted by atomic mass is 15.2. The lowest BCUT2D eigenvalue weighted by molar-refractivity contribution is 0.323. The van der Waals surface area contributed by atoms with Crippen LogP contribution in [-0.2, 0) is 6.54 Å². The molecule has 0 saturated heterocycles. The van der Waals surface area contributed by atoms with Crippen LogP contribution in [0.15, 0.2) is 12.3 Å². The zero-order chi connectivity index (χ0) is 21.8. The molecule has 0 unspecified atom stereocenters. The van der Waals surface area contributed by atoms with Crippen LogP contribution in [0.4, 0.5) is 11.8 Å². The summed E-state index contributed by atoms with van der Waals surface area (Å²) >= 11 is 0. The molecule has 0 amide bonds. The van der Waals surface area contributed by atoms with Crippen LogP contribution in [0.1, 0.15) is 59.1 Å². The van der Waals surface area contributed by atoms with Crippen molar-refractivity contribution in [2.75, 3.05) is 30.9 Å². The first-order valence-corrected chi connectivity index (χ1v) is 11.3. The van der Waals surface area contributed by atoms with Crippen LogP contribution in [0.3, 0.4) is 0 Å². The lowest BCUT2D eigenvalue weighted by Crippen LogP contribution is -2.32. The van der Waals surface area contributed by atoms with Crippen molar-refractivity contribution in [3.05, 3.63) is 45.6 Å². The first kappa shape index (κ1) is 22.5. The fourth-order valence-electron chi connectivity index (χ4n) is 4.61. The van der Waals surface area contributed by atoms with Gasteiger partial charge in [0.15, 0.2) is 0 Å². The van der Waals surface area contributed by atoms with E-state index in [0.29, 0.717) is 6.04 Å². The number of aromatic nitrogens is 2. The number of nitrogens with zero attached hydrogens (tertiary/aromatic N) is 3. The van der Waals surface area contributed by atoms with Crippen LogP contribution in [0.25, 0.3) is 0 Å². The van der Waals surface area contributed by atoms with Crippen molar-refractivity contribution in [2.24, 2.45) is 5.92 Å². The number of hydrogen-bond acceptors (Lipinski definition) is 5. The largest absolute Gasteiger partial charge is 0.363 e. The molecular weight excluding hydrogens is 370 g/mol. The molecule has 0 radical (unpaired) electrons. The minimum Gasteiger partial charge on any atom is -0.363 e. The van der Waals surface area contributed by atoms with E-state index in [2.05, 4.69) is 55.2 Å². The summed E-state index contributed by atoms with van der Waals surface area (Å²) in [4.78, 5) is 11.0. The zero-order valence-corrected chi connectivity index (χ0v) is 19.9. The Kier molecular flexibility index (Phi) is 7.35. The summed E-state index contributed by atoms with van der Waals surface area (Å²) in [5.74, 6) is 2.45. The molecule has 1 aromatic heterocycles. The van der Waals surface area contributed by atoms with Gasteiger partial charge in [-0.2, -0.15) is 4.98 Å². The molecule has 5 nitrogen and oxygen atoms in total. The zero-order valence-electron chi connectivity index (χ0n) is 19.9. The summed E-state index contributed by atoms with van der Waals surface area (Å²) in [6.07, 6.45) is 6.70. The highest BCUT2D eigenvalue weighted by Gasteiger charge is 2.22. The maximum atomic E-state index is 4.60. The standard InChI is InChI=1S/C25H39N5/c1-16-17(2)19(4)23(20(5)18(16)3)15-26-14-21-8-10-22(11-9-21)28-25-27-13-12-24(29-25)30(6)7/h12-13,21-22,26H,8-11,14-15H2,1-7H3,(H,27,28,29). The molecule has 1 aromatic carbocycles. The van der Waals surface area contributed by atoms with E-state index in [9.17, 15) is 0 Å². The normalized spacial score (nSPS) is 19.0. The Balaban J connectivity index is 1.48. The molecule has 1 fully saturated rings. The summed E-state index contributed by atoms with van der Waals surface area (Å²) < 4.78 is 0. The second-order valence-electron chi connectivity index (χ2n) is 9.23. The maximum absolute atomic E-state index is 4.60. The van der Waals surface area contributed by atoms with Crippen molar-refractivity contribution in [1.82, 2.24) is 15.3 Å². The molecule has 30 heavy (non-hydrogen) atoms. The first-order valence-electron chi connectivity index (χ1n) is 11.3. The molecule has 0 spiro atoms. The smallest absolute Gasteiger partial charge is 0.224 e. The molecule has 0 bridgehead atoms. The van der Waals surface area contributed by atoms with E-state index < -0.39 is 0 Å². The highest BCUT2D eigenvalue weighted by Crippen LogP contribution is 2.28. The van der Waals surface area contributed by atoms with E-state index in [-0.39, 0.29) is 0 Å². The molecule has 1 heterocycles. The van der Waals surface area contributed by atoms with Gasteiger partial charge >= 0.3 is 0 Å². The molecule has 3 rings (SSSR count). The Labute approximate surface area is 182 Å². The quantitative estimate of drug-likeness (QED) is 0.685. The van der Waals surface area contributed by atoms with E-state index in [1.165, 1.54) is 59.1 Å². The predicted octanol–water partition coefficient (Wildman–Crippen LogP) is 4.85. The van der Waals surface area contributed by atoms with Crippen molar-refractivity contribution in [1.29, 1.82) is 0 Å². The number of nitrogens with one attached hydrogen (secondary N) is 2. The predicted molar refractivity (Wildman–Crippen MR) is 128 cm³/mol. The fourth-order valence-corrected chi connectivity index (χ4v) is 4.61. The Morgan fingerprint density at radius 2 is 1.50 bits per heavy atom. The van der Waals surface area contributed by atoms with Gasteiger partial charge in [-0.3, -0.25) is 0 Å². The van der Waals surface area contributed by atoms with Crippen LogP contribution in [0.2, 0.25) is 0 Å². The highest BCUT2D eigenvalue weighted by molar-refractivity contribution is 5.49. The Hall–Kier alpha value is -2.14. The SMILES string of the molecule is Cc1c(C)c(C)c(CNCC2CCC(Nc3nccc(N(C)C)n3)CC2)c(C)c1C. The van der Waals surface area contributed by atoms with Crippen LogP contribution >= 0.6 is 0 Å². The van der Waals surface area contributed by atoms with Crippen molar-refractivity contribution < 1.29 is 0 Å². The molecule has 1 aliphatic carbocycles. The maximum Gasteiger partial charge on any atom is 0.224 e. The summed E-state index contributed by atoms with van der Waals surface area (Å²) in [6.45, 7) is 13.4. The van der Waals surface area contributed by atoms with Crippen LogP contribution in [0.5, 0.6) is 0 Å². The van der Waals surface area contributed by atoms with Crippen LogP contribution in [-0.4, -0.2) is 36.6 Å². The Bertz CT molecular complexity index is 837. The van der Waals surface area contributed by atoms with E-state index in [0.717, 1.165) is 30.8 Å². The van der Waals surface area contributed by atoms with Crippen molar-refractivity contribution in [3.63, 3.8) is 0 Å². The van der Waals surface area contributed by atoms with E-state index >= 15 is 0 Å². The third-order valence-electron chi connectivity index (χ3n) is 7.17. The molecule has 0 aliphatic heterocycles. The van der Waals surface area contributed by atoms with Crippen molar-refractivity contribution >= 4 is 11.8 Å². The van der Waals surface area contributed by atoms with Gasteiger partial charge in [0.2, 0.25) is 5.95 Å². The molecule has 164 valence electrons. The van der Waals surface area contributed by atoms with Gasteiger partial charge in [-0.05, 0) is 112 Å². The topological polar surface area (TPSA) is 53.1 Å². The van der Waals surface area contributed by atoms with E-state index in [1.54, 1.807) is 0 Å². The number of anilines is 2. The Morgan fingerprint density at radius 1 is 0.900 bits per heavy atom. The van der Waals surface area contributed by atoms with Gasteiger partial charge in [-0.1, -0.05) is 0 Å². The van der Waals surface area contributed by atoms with Gasteiger partial charge in [0.1, 0.15) is 5.82 Å². The lowest BCUT2D eigenvalue weighted by atomic mass is 9.85. The minimum atomic E-state index is 0.477. The third kappa shape index (κ3) is 5.12. The molecule has 2 N–H and O–H groups in total. The number of hydrogen-bond donors (Lipinski definition) is 2. The number of rotatable bonds is 7. The van der Waals surface area contributed by atoms with Gasteiger partial charge in [-0.15, -0.1) is 0 Å². The van der Waals surface area contributed by atoms with Crippen molar-refractivity contribution in [2.45, 2.75) is 72.9 Å². The monoisotopic (exact) mass is 409 g/mol. The average Bonchev–Trinajstić information content (AvgIpc) is 2.74. The Morgan fingerprint density at radius 3 is 2.10 bits per heavy atom. The molecular formula is C25H39N5. The summed E-state index contributed by atoms with van der Waals surface area (Å²) in [5.41, 5.74) is 8.74. The van der Waals surface area contributed by atoms with Crippen molar-refractivity contribution in [3.8, 4) is 0 Å². The molecule has 1 saturated carbocycles. The van der Waals surface area contributed by atoms with E-state index in [1.807, 2.05) is 31.3 Å². The summed E-state index contributed by atoms with van der Waals surface area (Å²) in [5, 5.41) is 7.30. The van der Waals surface area contributed by atoms with Gasteiger partial charge in [0.25, 0.3) is 0 Å². The van der Waals surface area contributed by atoms with Gasteiger partial charge < -0.3 is 15.5 Å². The summed E-state index contributed by atoms with van der Waals surface area (Å²) in [6, 6.07) is 2.42. The second-order valence-corrected chi connectivity index (χ2v) is 9.23. The van der Waals surface area contributed by atoms with Crippen LogP contribution < -0.4 is 15.5 Å². The fraction of sp³-hybridized carbons (Fsp3) is 0.600. The molecule has 1 aliphatic rings. The van der Waals surface area contributed by atoms with Gasteiger partial charge in [0.05, 0.1) is 0 Å².